The van der Waals surface area contributed by atoms with Crippen LogP contribution in [0.15, 0.2) is 0 Å². The summed E-state index contributed by atoms with van der Waals surface area (Å²) in [5.41, 5.74) is 0. The molecule has 0 heterocycles. The third kappa shape index (κ3) is 3.47. The van der Waals surface area contributed by atoms with E-state index >= 15 is 0 Å². The Morgan fingerprint density at radius 1 is 1.22 bits per heavy atom. The molecule has 0 saturated heterocycles. The molecule has 3 atom stereocenters. The quantitative estimate of drug-likeness (QED) is 0.792. The molecule has 1 rings (SSSR count). The third-order valence-corrected chi connectivity index (χ3v) is 4.10. The van der Waals surface area contributed by atoms with Crippen molar-refractivity contribution in [2.75, 3.05) is 13.6 Å². The molecule has 1 unspecified atom stereocenters. The summed E-state index contributed by atoms with van der Waals surface area (Å²) >= 11 is 0. The van der Waals surface area contributed by atoms with E-state index in [0.717, 1.165) is 32.2 Å². The van der Waals surface area contributed by atoms with Gasteiger partial charge in [-0.05, 0) is 25.2 Å². The molecule has 0 aromatic rings. The average Bonchev–Trinajstić information content (AvgIpc) is 2.79. The molecule has 1 fully saturated rings. The van der Waals surface area contributed by atoms with Crippen LogP contribution in [0.3, 0.4) is 0 Å². The molecule has 0 bridgehead atoms. The molecular weight excluding hydrogens is 230 g/mol. The van der Waals surface area contributed by atoms with Crippen LogP contribution >= 0.6 is 0 Å². The minimum Gasteiger partial charge on any atom is -0.481 e. The Morgan fingerprint density at radius 2 is 1.83 bits per heavy atom. The number of amides is 1. The van der Waals surface area contributed by atoms with Crippen LogP contribution in [0.4, 0.5) is 0 Å². The Labute approximate surface area is 109 Å². The van der Waals surface area contributed by atoms with E-state index in [1.54, 1.807) is 11.9 Å². The molecule has 0 aromatic heterocycles. The lowest BCUT2D eigenvalue weighted by atomic mass is 9.95. The first-order valence-corrected chi connectivity index (χ1v) is 6.99. The standard InChI is InChI=1S/C14H25NO3/c1-4-6-7-15(3)13(16)11-8-10(5-2)9-12(11)14(17)18/h10-12H,4-9H2,1-3H3,(H,17,18)/t10?,11-,12+/m0/s1. The first-order chi connectivity index (χ1) is 8.51. The highest BCUT2D eigenvalue weighted by Crippen LogP contribution is 2.39. The van der Waals surface area contributed by atoms with Crippen molar-refractivity contribution < 1.29 is 14.7 Å². The zero-order valence-electron chi connectivity index (χ0n) is 11.7. The number of hydrogen-bond acceptors (Lipinski definition) is 2. The summed E-state index contributed by atoms with van der Waals surface area (Å²) in [7, 11) is 1.79. The Balaban J connectivity index is 2.67. The van der Waals surface area contributed by atoms with Gasteiger partial charge >= 0.3 is 5.97 Å². The highest BCUT2D eigenvalue weighted by Gasteiger charge is 2.42. The summed E-state index contributed by atoms with van der Waals surface area (Å²) in [5, 5.41) is 9.23. The van der Waals surface area contributed by atoms with Crippen molar-refractivity contribution in [1.82, 2.24) is 4.90 Å². The van der Waals surface area contributed by atoms with E-state index in [9.17, 15) is 14.7 Å². The summed E-state index contributed by atoms with van der Waals surface area (Å²) in [4.78, 5) is 25.2. The van der Waals surface area contributed by atoms with E-state index < -0.39 is 11.9 Å². The van der Waals surface area contributed by atoms with E-state index in [0.29, 0.717) is 12.3 Å². The van der Waals surface area contributed by atoms with Crippen LogP contribution in [0.1, 0.15) is 46.0 Å². The number of unbranched alkanes of at least 4 members (excludes halogenated alkanes) is 1. The lowest BCUT2D eigenvalue weighted by Gasteiger charge is -2.23. The highest BCUT2D eigenvalue weighted by molar-refractivity contribution is 5.85. The number of nitrogens with zero attached hydrogens (tertiary/aromatic N) is 1. The first-order valence-electron chi connectivity index (χ1n) is 6.99. The number of carbonyl (C=O) groups excluding carboxylic acids is 1. The second-order valence-electron chi connectivity index (χ2n) is 5.41. The van der Waals surface area contributed by atoms with Crippen LogP contribution in [0, 0.1) is 17.8 Å². The normalized spacial score (nSPS) is 27.2. The lowest BCUT2D eigenvalue weighted by molar-refractivity contribution is -0.148. The van der Waals surface area contributed by atoms with Crippen LogP contribution in [0.5, 0.6) is 0 Å². The number of carboxylic acid groups (broad SMARTS) is 1. The fraction of sp³-hybridized carbons (Fsp3) is 0.857. The number of carboxylic acids is 1. The van der Waals surface area contributed by atoms with Crippen LogP contribution in [0.25, 0.3) is 0 Å². The fourth-order valence-corrected chi connectivity index (χ4v) is 2.81. The minimum absolute atomic E-state index is 0.0202. The van der Waals surface area contributed by atoms with Gasteiger partial charge in [0.25, 0.3) is 0 Å². The Bertz CT molecular complexity index is 303. The Hall–Kier alpha value is -1.06. The van der Waals surface area contributed by atoms with Gasteiger partial charge in [0.15, 0.2) is 0 Å². The van der Waals surface area contributed by atoms with Gasteiger partial charge in [-0.25, -0.2) is 0 Å². The minimum atomic E-state index is -0.812. The maximum absolute atomic E-state index is 12.3. The smallest absolute Gasteiger partial charge is 0.307 e. The zero-order valence-corrected chi connectivity index (χ0v) is 11.7. The van der Waals surface area contributed by atoms with Crippen LogP contribution in [-0.4, -0.2) is 35.5 Å². The molecule has 1 N–H and O–H groups in total. The van der Waals surface area contributed by atoms with Crippen molar-refractivity contribution in [3.63, 3.8) is 0 Å². The van der Waals surface area contributed by atoms with Gasteiger partial charge < -0.3 is 10.0 Å². The van der Waals surface area contributed by atoms with Gasteiger partial charge in [-0.3, -0.25) is 9.59 Å². The van der Waals surface area contributed by atoms with Crippen LogP contribution in [-0.2, 0) is 9.59 Å². The Morgan fingerprint density at radius 3 is 2.33 bits per heavy atom. The Kier molecular flexibility index (Phi) is 5.63. The molecule has 1 amide bonds. The summed E-state index contributed by atoms with van der Waals surface area (Å²) in [6, 6.07) is 0. The second-order valence-corrected chi connectivity index (χ2v) is 5.41. The SMILES string of the molecule is CCCCN(C)C(=O)[C@H]1CC(CC)C[C@H]1C(=O)O. The monoisotopic (exact) mass is 255 g/mol. The van der Waals surface area contributed by atoms with Gasteiger partial charge in [0.2, 0.25) is 5.91 Å². The zero-order chi connectivity index (χ0) is 13.7. The largest absolute Gasteiger partial charge is 0.481 e. The van der Waals surface area contributed by atoms with Crippen molar-refractivity contribution in [3.8, 4) is 0 Å². The molecule has 0 aromatic carbocycles. The third-order valence-electron chi connectivity index (χ3n) is 4.10. The van der Waals surface area contributed by atoms with Gasteiger partial charge in [0.1, 0.15) is 0 Å². The fourth-order valence-electron chi connectivity index (χ4n) is 2.81. The maximum atomic E-state index is 12.3. The maximum Gasteiger partial charge on any atom is 0.307 e. The summed E-state index contributed by atoms with van der Waals surface area (Å²) in [6.07, 6.45) is 4.38. The van der Waals surface area contributed by atoms with Gasteiger partial charge in [0, 0.05) is 13.6 Å². The van der Waals surface area contributed by atoms with Crippen LogP contribution in [0.2, 0.25) is 0 Å². The lowest BCUT2D eigenvalue weighted by Crippen LogP contribution is -2.37. The number of aliphatic carboxylic acids is 1. The van der Waals surface area contributed by atoms with Crippen molar-refractivity contribution >= 4 is 11.9 Å². The molecule has 18 heavy (non-hydrogen) atoms. The number of rotatable bonds is 6. The van der Waals surface area contributed by atoms with Crippen molar-refractivity contribution in [2.24, 2.45) is 17.8 Å². The van der Waals surface area contributed by atoms with E-state index in [2.05, 4.69) is 13.8 Å². The predicted octanol–water partition coefficient (Wildman–Crippen LogP) is 2.38. The first kappa shape index (κ1) is 15.0. The summed E-state index contributed by atoms with van der Waals surface area (Å²) in [6.45, 7) is 4.88. The van der Waals surface area contributed by atoms with Gasteiger partial charge in [-0.2, -0.15) is 0 Å². The molecule has 4 nitrogen and oxygen atoms in total. The molecule has 0 radical (unpaired) electrons. The molecule has 0 spiro atoms. The van der Waals surface area contributed by atoms with E-state index in [1.165, 1.54) is 0 Å². The molecule has 1 saturated carbocycles. The van der Waals surface area contributed by atoms with E-state index in [1.807, 2.05) is 0 Å². The van der Waals surface area contributed by atoms with Crippen molar-refractivity contribution in [2.45, 2.75) is 46.0 Å². The average molecular weight is 255 g/mol. The van der Waals surface area contributed by atoms with E-state index in [-0.39, 0.29) is 11.8 Å². The topological polar surface area (TPSA) is 57.6 Å². The van der Waals surface area contributed by atoms with Crippen LogP contribution < -0.4 is 0 Å². The molecular formula is C14H25NO3. The molecule has 1 aliphatic rings. The predicted molar refractivity (Wildman–Crippen MR) is 70.2 cm³/mol. The van der Waals surface area contributed by atoms with Crippen molar-refractivity contribution in [3.05, 3.63) is 0 Å². The van der Waals surface area contributed by atoms with Gasteiger partial charge in [0.05, 0.1) is 11.8 Å². The molecule has 0 aliphatic heterocycles. The molecule has 4 heteroatoms. The molecule has 104 valence electrons. The number of carbonyl (C=O) groups is 2. The highest BCUT2D eigenvalue weighted by atomic mass is 16.4. The van der Waals surface area contributed by atoms with E-state index in [4.69, 9.17) is 0 Å². The second kappa shape index (κ2) is 6.76. The van der Waals surface area contributed by atoms with Gasteiger partial charge in [-0.15, -0.1) is 0 Å². The van der Waals surface area contributed by atoms with Crippen molar-refractivity contribution in [1.29, 1.82) is 0 Å². The summed E-state index contributed by atoms with van der Waals surface area (Å²) in [5.74, 6) is -1.19. The van der Waals surface area contributed by atoms with Gasteiger partial charge in [-0.1, -0.05) is 26.7 Å². The summed E-state index contributed by atoms with van der Waals surface area (Å²) < 4.78 is 0. The molecule has 1 aliphatic carbocycles. The number of hydrogen-bond donors (Lipinski definition) is 1.